The molecule has 0 aliphatic carbocycles. The van der Waals surface area contributed by atoms with Crippen molar-refractivity contribution in [2.75, 3.05) is 12.2 Å². The fourth-order valence-electron chi connectivity index (χ4n) is 1.70. The summed E-state index contributed by atoms with van der Waals surface area (Å²) in [6.07, 6.45) is 4.93. The molecule has 3 rings (SSSR count). The smallest absolute Gasteiger partial charge is 0.258 e. The molecule has 1 aliphatic heterocycles. The summed E-state index contributed by atoms with van der Waals surface area (Å²) in [5.74, 6) is 1.19. The highest BCUT2D eigenvalue weighted by atomic mass is 16.7. The molecule has 0 fully saturated rings. The van der Waals surface area contributed by atoms with Crippen molar-refractivity contribution < 1.29 is 14.3 Å². The number of hydrogen-bond acceptors (Lipinski definition) is 5. The van der Waals surface area contributed by atoms with Crippen molar-refractivity contribution >= 4 is 11.6 Å². The van der Waals surface area contributed by atoms with Crippen molar-refractivity contribution in [3.05, 3.63) is 36.9 Å². The molecule has 2 aromatic rings. The molecular formula is C12H12N4O3. The molecule has 0 saturated heterocycles. The third-order valence-corrected chi connectivity index (χ3v) is 2.60. The minimum atomic E-state index is -0.171. The number of nitrogens with zero attached hydrogens (tertiary/aromatic N) is 2. The van der Waals surface area contributed by atoms with E-state index >= 15 is 0 Å². The Balaban J connectivity index is 1.56. The lowest BCUT2D eigenvalue weighted by Gasteiger charge is -2.09. The zero-order valence-electron chi connectivity index (χ0n) is 10.00. The van der Waals surface area contributed by atoms with Crippen molar-refractivity contribution in [3.8, 4) is 11.5 Å². The Kier molecular flexibility index (Phi) is 2.93. The fourth-order valence-corrected chi connectivity index (χ4v) is 1.70. The van der Waals surface area contributed by atoms with Crippen molar-refractivity contribution in [1.82, 2.24) is 15.0 Å². The van der Waals surface area contributed by atoms with Crippen LogP contribution in [0.15, 0.2) is 36.9 Å². The van der Waals surface area contributed by atoms with Crippen LogP contribution in [0.2, 0.25) is 0 Å². The molecule has 0 bridgehead atoms. The molecule has 1 amide bonds. The number of fused-ring (bicyclic) bond motifs is 1. The monoisotopic (exact) mass is 260 g/mol. The molecule has 0 spiro atoms. The highest BCUT2D eigenvalue weighted by molar-refractivity contribution is 5.77. The number of aromatic nitrogens is 2. The number of carbonyl (C=O) groups excluding carboxylic acids is 1. The molecule has 2 heterocycles. The number of imidazole rings is 1. The molecule has 98 valence electrons. The van der Waals surface area contributed by atoms with E-state index in [1.165, 1.54) is 0 Å². The predicted molar refractivity (Wildman–Crippen MR) is 66.6 cm³/mol. The second-order valence-electron chi connectivity index (χ2n) is 3.98. The second kappa shape index (κ2) is 4.89. The zero-order valence-corrected chi connectivity index (χ0v) is 10.00. The Bertz CT molecular complexity index is 583. The summed E-state index contributed by atoms with van der Waals surface area (Å²) < 4.78 is 12.1. The van der Waals surface area contributed by atoms with Crippen molar-refractivity contribution in [2.24, 2.45) is 0 Å². The van der Waals surface area contributed by atoms with Gasteiger partial charge in [0, 0.05) is 18.5 Å². The van der Waals surface area contributed by atoms with Crippen LogP contribution in [0.1, 0.15) is 0 Å². The van der Waals surface area contributed by atoms with E-state index in [1.54, 1.807) is 41.5 Å². The molecule has 0 atom stereocenters. The largest absolute Gasteiger partial charge is 0.454 e. The summed E-state index contributed by atoms with van der Waals surface area (Å²) in [7, 11) is 0. The Labute approximate surface area is 109 Å². The van der Waals surface area contributed by atoms with Crippen LogP contribution in [-0.4, -0.2) is 22.3 Å². The Morgan fingerprint density at radius 2 is 2.26 bits per heavy atom. The van der Waals surface area contributed by atoms with E-state index in [1.807, 2.05) is 0 Å². The molecule has 1 aromatic heterocycles. The van der Waals surface area contributed by atoms with Crippen LogP contribution in [0.25, 0.3) is 0 Å². The van der Waals surface area contributed by atoms with Crippen molar-refractivity contribution in [2.45, 2.75) is 6.54 Å². The average molecular weight is 260 g/mol. The van der Waals surface area contributed by atoms with E-state index in [0.29, 0.717) is 11.5 Å². The third kappa shape index (κ3) is 2.59. The van der Waals surface area contributed by atoms with E-state index in [9.17, 15) is 4.79 Å². The van der Waals surface area contributed by atoms with E-state index < -0.39 is 0 Å². The maximum Gasteiger partial charge on any atom is 0.258 e. The first kappa shape index (κ1) is 11.4. The summed E-state index contributed by atoms with van der Waals surface area (Å²) in [4.78, 5) is 15.5. The van der Waals surface area contributed by atoms with Crippen LogP contribution in [0, 0.1) is 0 Å². The summed E-state index contributed by atoms with van der Waals surface area (Å²) >= 11 is 0. The number of benzene rings is 1. The number of hydrogen-bond donors (Lipinski definition) is 2. The maximum absolute atomic E-state index is 11.6. The number of amides is 1. The van der Waals surface area contributed by atoms with Gasteiger partial charge in [-0.3, -0.25) is 15.6 Å². The number of hydrazine groups is 1. The number of nitrogens with one attached hydrogen (secondary N) is 2. The molecule has 19 heavy (non-hydrogen) atoms. The van der Waals surface area contributed by atoms with Gasteiger partial charge in [0.25, 0.3) is 5.91 Å². The number of carbonyl (C=O) groups is 1. The molecule has 2 N–H and O–H groups in total. The van der Waals surface area contributed by atoms with Crippen LogP contribution < -0.4 is 20.3 Å². The van der Waals surface area contributed by atoms with Crippen molar-refractivity contribution in [1.29, 1.82) is 0 Å². The first-order valence-corrected chi connectivity index (χ1v) is 5.71. The fraction of sp³-hybridized carbons (Fsp3) is 0.167. The quantitative estimate of drug-likeness (QED) is 0.793. The van der Waals surface area contributed by atoms with Crippen LogP contribution in [0.4, 0.5) is 5.69 Å². The summed E-state index contributed by atoms with van der Waals surface area (Å²) in [5.41, 5.74) is 6.14. The Morgan fingerprint density at radius 3 is 3.11 bits per heavy atom. The van der Waals surface area contributed by atoms with Crippen LogP contribution in [-0.2, 0) is 11.3 Å². The van der Waals surface area contributed by atoms with Gasteiger partial charge in [-0.15, -0.1) is 0 Å². The normalized spacial score (nSPS) is 12.2. The first-order chi connectivity index (χ1) is 9.31. The maximum atomic E-state index is 11.6. The highest BCUT2D eigenvalue weighted by Crippen LogP contribution is 2.33. The van der Waals surface area contributed by atoms with Gasteiger partial charge in [-0.05, 0) is 12.1 Å². The third-order valence-electron chi connectivity index (χ3n) is 2.60. The molecule has 0 unspecified atom stereocenters. The summed E-state index contributed by atoms with van der Waals surface area (Å²) in [6, 6.07) is 5.34. The standard InChI is InChI=1S/C12H12N4O3/c17-12(6-16-4-3-13-7-16)15-14-9-1-2-10-11(5-9)19-8-18-10/h1-5,7,14H,6,8H2,(H,15,17). The number of rotatable bonds is 4. The Morgan fingerprint density at radius 1 is 1.37 bits per heavy atom. The number of ether oxygens (including phenoxy) is 2. The van der Waals surface area contributed by atoms with Gasteiger partial charge in [-0.2, -0.15) is 0 Å². The second-order valence-corrected chi connectivity index (χ2v) is 3.98. The molecule has 7 nitrogen and oxygen atoms in total. The van der Waals surface area contributed by atoms with Crippen LogP contribution in [0.3, 0.4) is 0 Å². The lowest BCUT2D eigenvalue weighted by molar-refractivity contribution is -0.121. The minimum Gasteiger partial charge on any atom is -0.454 e. The first-order valence-electron chi connectivity index (χ1n) is 5.71. The van der Waals surface area contributed by atoms with Gasteiger partial charge in [-0.25, -0.2) is 4.98 Å². The van der Waals surface area contributed by atoms with Gasteiger partial charge < -0.3 is 14.0 Å². The van der Waals surface area contributed by atoms with Gasteiger partial charge in [0.1, 0.15) is 6.54 Å². The highest BCUT2D eigenvalue weighted by Gasteiger charge is 2.13. The van der Waals surface area contributed by atoms with Gasteiger partial charge in [-0.1, -0.05) is 0 Å². The van der Waals surface area contributed by atoms with E-state index in [0.717, 1.165) is 5.69 Å². The number of anilines is 1. The van der Waals surface area contributed by atoms with Gasteiger partial charge in [0.05, 0.1) is 12.0 Å². The van der Waals surface area contributed by atoms with Gasteiger partial charge in [0.2, 0.25) is 6.79 Å². The molecule has 7 heteroatoms. The molecule has 0 radical (unpaired) electrons. The van der Waals surface area contributed by atoms with Crippen LogP contribution in [0.5, 0.6) is 11.5 Å². The predicted octanol–water partition coefficient (Wildman–Crippen LogP) is 0.755. The van der Waals surface area contributed by atoms with Crippen molar-refractivity contribution in [3.63, 3.8) is 0 Å². The zero-order chi connectivity index (χ0) is 13.1. The lowest BCUT2D eigenvalue weighted by Crippen LogP contribution is -2.32. The lowest BCUT2D eigenvalue weighted by atomic mass is 10.3. The SMILES string of the molecule is O=C(Cn1ccnc1)NNc1ccc2c(c1)OCO2. The molecule has 1 aromatic carbocycles. The molecule has 0 saturated carbocycles. The molecular weight excluding hydrogens is 248 g/mol. The van der Waals surface area contributed by atoms with E-state index in [2.05, 4.69) is 15.8 Å². The van der Waals surface area contributed by atoms with Gasteiger partial charge in [0.15, 0.2) is 11.5 Å². The van der Waals surface area contributed by atoms with E-state index in [-0.39, 0.29) is 19.2 Å². The topological polar surface area (TPSA) is 77.4 Å². The summed E-state index contributed by atoms with van der Waals surface area (Å²) in [5, 5.41) is 0. The Hall–Kier alpha value is -2.70. The minimum absolute atomic E-state index is 0.171. The summed E-state index contributed by atoms with van der Waals surface area (Å²) in [6.45, 7) is 0.434. The molecule has 1 aliphatic rings. The van der Waals surface area contributed by atoms with Crippen LogP contribution >= 0.6 is 0 Å². The average Bonchev–Trinajstić information content (AvgIpc) is 3.06. The van der Waals surface area contributed by atoms with E-state index in [4.69, 9.17) is 9.47 Å². The van der Waals surface area contributed by atoms with Gasteiger partial charge >= 0.3 is 0 Å².